The van der Waals surface area contributed by atoms with Crippen LogP contribution in [0, 0.1) is 0 Å². The van der Waals surface area contributed by atoms with E-state index >= 15 is 0 Å². The fourth-order valence-corrected chi connectivity index (χ4v) is 2.58. The summed E-state index contributed by atoms with van der Waals surface area (Å²) in [6.07, 6.45) is 1.92. The summed E-state index contributed by atoms with van der Waals surface area (Å²) in [5, 5.41) is 23.1. The molecule has 2 amide bonds. The molecule has 0 saturated carbocycles. The van der Waals surface area contributed by atoms with Crippen LogP contribution in [0.1, 0.15) is 46.0 Å². The summed E-state index contributed by atoms with van der Waals surface area (Å²) in [5.41, 5.74) is -0.157. The van der Waals surface area contributed by atoms with Crippen molar-refractivity contribution in [2.45, 2.75) is 63.7 Å². The van der Waals surface area contributed by atoms with E-state index in [0.29, 0.717) is 6.61 Å². The summed E-state index contributed by atoms with van der Waals surface area (Å²) in [5.74, 6) is -1.28. The predicted octanol–water partition coefficient (Wildman–Crippen LogP) is 0.859. The van der Waals surface area contributed by atoms with E-state index in [2.05, 4.69) is 24.5 Å². The van der Waals surface area contributed by atoms with E-state index in [1.807, 2.05) is 0 Å². The molecule has 0 aromatic rings. The Kier molecular flexibility index (Phi) is 6.91. The van der Waals surface area contributed by atoms with Crippen LogP contribution in [0.4, 0.5) is 4.79 Å². The Bertz CT molecular complexity index is 357. The number of hydrogen-bond acceptors (Lipinski definition) is 4. The molecule has 2 unspecified atom stereocenters. The van der Waals surface area contributed by atoms with E-state index in [1.165, 1.54) is 0 Å². The molecule has 0 spiro atoms. The van der Waals surface area contributed by atoms with Crippen LogP contribution in [0.2, 0.25) is 0 Å². The van der Waals surface area contributed by atoms with Gasteiger partial charge in [0.05, 0.1) is 5.60 Å². The molecule has 1 aliphatic rings. The molecule has 21 heavy (non-hydrogen) atoms. The fraction of sp³-hybridized carbons (Fsp3) is 0.857. The number of aliphatic carboxylic acids is 1. The molecular formula is C14H26N2O5. The molecule has 0 bridgehead atoms. The minimum Gasteiger partial charge on any atom is -0.479 e. The number of amides is 2. The molecule has 1 heterocycles. The maximum Gasteiger partial charge on any atom is 0.332 e. The summed E-state index contributed by atoms with van der Waals surface area (Å²) in [4.78, 5) is 22.2. The van der Waals surface area contributed by atoms with E-state index in [4.69, 9.17) is 14.9 Å². The molecule has 122 valence electrons. The largest absolute Gasteiger partial charge is 0.479 e. The topological polar surface area (TPSA) is 108 Å². The van der Waals surface area contributed by atoms with Crippen LogP contribution in [-0.2, 0) is 9.53 Å². The number of carboxylic acids is 1. The van der Waals surface area contributed by atoms with Crippen LogP contribution in [0.3, 0.4) is 0 Å². The molecule has 0 aliphatic carbocycles. The van der Waals surface area contributed by atoms with E-state index in [9.17, 15) is 9.59 Å². The highest BCUT2D eigenvalue weighted by atomic mass is 16.5. The van der Waals surface area contributed by atoms with Crippen molar-refractivity contribution in [1.82, 2.24) is 10.6 Å². The number of aliphatic hydroxyl groups is 1. The Balaban J connectivity index is 2.32. The SMILES string of the molecule is CCC1(CC)CC(NC(=O)NCCC(O)C(=O)O)CCO1. The molecule has 7 heteroatoms. The van der Waals surface area contributed by atoms with Gasteiger partial charge in [-0.15, -0.1) is 0 Å². The molecular weight excluding hydrogens is 276 g/mol. The van der Waals surface area contributed by atoms with Gasteiger partial charge in [-0.2, -0.15) is 0 Å². The zero-order valence-electron chi connectivity index (χ0n) is 12.7. The highest BCUT2D eigenvalue weighted by molar-refractivity contribution is 5.74. The second kappa shape index (κ2) is 8.19. The second-order valence-electron chi connectivity index (χ2n) is 5.47. The van der Waals surface area contributed by atoms with E-state index < -0.39 is 12.1 Å². The van der Waals surface area contributed by atoms with Crippen LogP contribution in [-0.4, -0.2) is 53.1 Å². The first-order chi connectivity index (χ1) is 9.92. The normalized spacial score (nSPS) is 22.3. The van der Waals surface area contributed by atoms with Gasteiger partial charge in [0.25, 0.3) is 0 Å². The van der Waals surface area contributed by atoms with Gasteiger partial charge in [-0.05, 0) is 25.7 Å². The van der Waals surface area contributed by atoms with Gasteiger partial charge >= 0.3 is 12.0 Å². The van der Waals surface area contributed by atoms with Gasteiger partial charge in [-0.25, -0.2) is 9.59 Å². The first-order valence-electron chi connectivity index (χ1n) is 7.51. The minimum atomic E-state index is -1.44. The molecule has 2 atom stereocenters. The van der Waals surface area contributed by atoms with Crippen molar-refractivity contribution in [1.29, 1.82) is 0 Å². The number of aliphatic hydroxyl groups excluding tert-OH is 1. The van der Waals surface area contributed by atoms with Crippen molar-refractivity contribution in [2.75, 3.05) is 13.2 Å². The molecule has 7 nitrogen and oxygen atoms in total. The van der Waals surface area contributed by atoms with Crippen LogP contribution in [0.15, 0.2) is 0 Å². The molecule has 0 aromatic carbocycles. The first-order valence-corrected chi connectivity index (χ1v) is 7.51. The third-order valence-corrected chi connectivity index (χ3v) is 4.11. The third kappa shape index (κ3) is 5.51. The number of hydrogen-bond donors (Lipinski definition) is 4. The van der Waals surface area contributed by atoms with Crippen LogP contribution >= 0.6 is 0 Å². The van der Waals surface area contributed by atoms with Crippen LogP contribution in [0.25, 0.3) is 0 Å². The van der Waals surface area contributed by atoms with E-state index in [-0.39, 0.29) is 30.6 Å². The Hall–Kier alpha value is -1.34. The number of ether oxygens (including phenoxy) is 1. The monoisotopic (exact) mass is 302 g/mol. The van der Waals surface area contributed by atoms with Crippen molar-refractivity contribution in [2.24, 2.45) is 0 Å². The van der Waals surface area contributed by atoms with Gasteiger partial charge in [0.15, 0.2) is 6.10 Å². The Morgan fingerprint density at radius 1 is 1.38 bits per heavy atom. The zero-order chi connectivity index (χ0) is 15.9. The molecule has 4 N–H and O–H groups in total. The summed E-state index contributed by atoms with van der Waals surface area (Å²) in [6.45, 7) is 4.91. The van der Waals surface area contributed by atoms with Gasteiger partial charge in [-0.3, -0.25) is 0 Å². The summed E-state index contributed by atoms with van der Waals surface area (Å²) in [6, 6.07) is -0.274. The molecule has 0 aromatic heterocycles. The minimum absolute atomic E-state index is 0.00954. The Morgan fingerprint density at radius 3 is 2.62 bits per heavy atom. The lowest BCUT2D eigenvalue weighted by Gasteiger charge is -2.40. The zero-order valence-corrected chi connectivity index (χ0v) is 12.7. The maximum atomic E-state index is 11.8. The average Bonchev–Trinajstić information content (AvgIpc) is 2.47. The van der Waals surface area contributed by atoms with E-state index in [1.54, 1.807) is 0 Å². The quantitative estimate of drug-likeness (QED) is 0.558. The van der Waals surface area contributed by atoms with Crippen molar-refractivity contribution in [3.8, 4) is 0 Å². The van der Waals surface area contributed by atoms with Gasteiger partial charge in [0, 0.05) is 25.6 Å². The summed E-state index contributed by atoms with van der Waals surface area (Å²) < 4.78 is 5.84. The number of carbonyl (C=O) groups excluding carboxylic acids is 1. The van der Waals surface area contributed by atoms with Crippen molar-refractivity contribution < 1.29 is 24.5 Å². The number of urea groups is 1. The summed E-state index contributed by atoms with van der Waals surface area (Å²) >= 11 is 0. The average molecular weight is 302 g/mol. The van der Waals surface area contributed by atoms with Crippen molar-refractivity contribution >= 4 is 12.0 Å². The van der Waals surface area contributed by atoms with Gasteiger partial charge < -0.3 is 25.6 Å². The van der Waals surface area contributed by atoms with Gasteiger partial charge in [0.2, 0.25) is 0 Å². The lowest BCUT2D eigenvalue weighted by molar-refractivity contribution is -0.146. The fourth-order valence-electron chi connectivity index (χ4n) is 2.58. The number of nitrogens with one attached hydrogen (secondary N) is 2. The number of carboxylic acid groups (broad SMARTS) is 1. The lowest BCUT2D eigenvalue weighted by Crippen LogP contribution is -2.50. The number of carbonyl (C=O) groups is 2. The van der Waals surface area contributed by atoms with Crippen LogP contribution < -0.4 is 10.6 Å². The van der Waals surface area contributed by atoms with Crippen molar-refractivity contribution in [3.05, 3.63) is 0 Å². The highest BCUT2D eigenvalue weighted by Gasteiger charge is 2.34. The molecule has 0 radical (unpaired) electrons. The molecule has 1 rings (SSSR count). The summed E-state index contributed by atoms with van der Waals surface area (Å²) in [7, 11) is 0. The molecule has 1 fully saturated rings. The lowest BCUT2D eigenvalue weighted by atomic mass is 9.86. The van der Waals surface area contributed by atoms with E-state index in [0.717, 1.165) is 25.7 Å². The standard InChI is InChI=1S/C14H26N2O5/c1-3-14(4-2)9-10(6-8-21-14)16-13(20)15-7-5-11(17)12(18)19/h10-11,17H,3-9H2,1-2H3,(H,18,19)(H2,15,16,20). The Morgan fingerprint density at radius 2 is 2.05 bits per heavy atom. The second-order valence-corrected chi connectivity index (χ2v) is 5.47. The van der Waals surface area contributed by atoms with Gasteiger partial charge in [0.1, 0.15) is 0 Å². The first kappa shape index (κ1) is 17.7. The van der Waals surface area contributed by atoms with Crippen molar-refractivity contribution in [3.63, 3.8) is 0 Å². The molecule has 1 saturated heterocycles. The maximum absolute atomic E-state index is 11.8. The van der Waals surface area contributed by atoms with Crippen LogP contribution in [0.5, 0.6) is 0 Å². The van der Waals surface area contributed by atoms with Gasteiger partial charge in [-0.1, -0.05) is 13.8 Å². The highest BCUT2D eigenvalue weighted by Crippen LogP contribution is 2.31. The number of rotatable bonds is 7. The third-order valence-electron chi connectivity index (χ3n) is 4.11. The Labute approximate surface area is 125 Å². The predicted molar refractivity (Wildman–Crippen MR) is 77.1 cm³/mol. The smallest absolute Gasteiger partial charge is 0.332 e. The molecule has 1 aliphatic heterocycles.